The molecule has 0 spiro atoms. The van der Waals surface area contributed by atoms with Crippen molar-refractivity contribution in [2.45, 2.75) is 57.7 Å². The van der Waals surface area contributed by atoms with Gasteiger partial charge in [-0.3, -0.25) is 4.79 Å². The van der Waals surface area contributed by atoms with Gasteiger partial charge in [0.1, 0.15) is 12.5 Å². The van der Waals surface area contributed by atoms with E-state index in [-0.39, 0.29) is 18.5 Å². The Hall–Kier alpha value is -2.86. The summed E-state index contributed by atoms with van der Waals surface area (Å²) in [6.07, 6.45) is 0.767. The highest BCUT2D eigenvalue weighted by atomic mass is 35.5. The summed E-state index contributed by atoms with van der Waals surface area (Å²) in [4.78, 5) is 27.0. The summed E-state index contributed by atoms with van der Waals surface area (Å²) in [7, 11) is 4.57. The lowest BCUT2D eigenvalue weighted by molar-refractivity contribution is -0.207. The number of hydrogen-bond donors (Lipinski definition) is 3. The number of rotatable bonds is 11. The van der Waals surface area contributed by atoms with Crippen molar-refractivity contribution in [3.05, 3.63) is 46.1 Å². The summed E-state index contributed by atoms with van der Waals surface area (Å²) in [5, 5.41) is 20.0. The molecule has 0 radical (unpaired) electrons. The van der Waals surface area contributed by atoms with Crippen LogP contribution in [0.3, 0.4) is 0 Å². The Kier molecular flexibility index (Phi) is 9.77. The zero-order valence-electron chi connectivity index (χ0n) is 21.9. The van der Waals surface area contributed by atoms with Crippen LogP contribution < -0.4 is 15.5 Å². The van der Waals surface area contributed by atoms with Crippen LogP contribution in [-0.2, 0) is 27.4 Å². The van der Waals surface area contributed by atoms with Gasteiger partial charge in [-0.2, -0.15) is 5.10 Å². The van der Waals surface area contributed by atoms with Gasteiger partial charge in [0.25, 0.3) is 5.91 Å². The Bertz CT molecular complexity index is 1090. The number of hydrogen-bond acceptors (Lipinski definition) is 7. The maximum absolute atomic E-state index is 13.6. The van der Waals surface area contributed by atoms with Gasteiger partial charge in [-0.25, -0.2) is 9.48 Å². The van der Waals surface area contributed by atoms with Gasteiger partial charge in [0.15, 0.2) is 11.5 Å². The van der Waals surface area contributed by atoms with E-state index in [0.717, 1.165) is 18.4 Å². The number of benzene rings is 1. The first-order chi connectivity index (χ1) is 17.6. The first kappa shape index (κ1) is 28.7. The standard InChI is InChI=1S/C25H36ClN5O6/c1-16(25(2,36-4)37-5)27-22(32)21-19(13-17-9-6-7-11-20(17)26)23(31(29-21)15-35-3)30-12-8-10-18(14-30)28-24(33)34/h6-7,9,11,16,18,28H,8,10,12-15H2,1-5H3,(H,27,32)(H,33,34)/t16?,18-/m1/s1. The van der Waals surface area contributed by atoms with Crippen LogP contribution in [-0.4, -0.2) is 79.2 Å². The van der Waals surface area contributed by atoms with Crippen molar-refractivity contribution in [3.8, 4) is 0 Å². The molecule has 1 aromatic heterocycles. The number of carboxylic acid groups (broad SMARTS) is 1. The van der Waals surface area contributed by atoms with Crippen LogP contribution in [0, 0.1) is 0 Å². The molecule has 2 amide bonds. The molecule has 0 saturated carbocycles. The molecule has 37 heavy (non-hydrogen) atoms. The van der Waals surface area contributed by atoms with Gasteiger partial charge >= 0.3 is 6.09 Å². The van der Waals surface area contributed by atoms with E-state index in [1.807, 2.05) is 18.2 Å². The molecule has 1 saturated heterocycles. The summed E-state index contributed by atoms with van der Waals surface area (Å²) in [5.41, 5.74) is 1.73. The number of halogens is 1. The maximum Gasteiger partial charge on any atom is 0.404 e. The Morgan fingerprint density at radius 3 is 2.59 bits per heavy atom. The van der Waals surface area contributed by atoms with Crippen LogP contribution in [0.15, 0.2) is 24.3 Å². The summed E-state index contributed by atoms with van der Waals surface area (Å²) in [5.74, 6) is -0.750. The number of carbonyl (C=O) groups is 2. The predicted octanol–water partition coefficient (Wildman–Crippen LogP) is 3.09. The van der Waals surface area contributed by atoms with E-state index in [4.69, 9.17) is 25.8 Å². The fraction of sp³-hybridized carbons (Fsp3) is 0.560. The van der Waals surface area contributed by atoms with E-state index in [0.29, 0.717) is 35.9 Å². The molecule has 3 N–H and O–H groups in total. The van der Waals surface area contributed by atoms with Gasteiger partial charge in [-0.05, 0) is 38.3 Å². The van der Waals surface area contributed by atoms with Gasteiger partial charge in [0.2, 0.25) is 0 Å². The van der Waals surface area contributed by atoms with Crippen molar-refractivity contribution in [2.75, 3.05) is 39.3 Å². The number of nitrogens with one attached hydrogen (secondary N) is 2. The topological polar surface area (TPSA) is 127 Å². The zero-order valence-corrected chi connectivity index (χ0v) is 22.7. The fourth-order valence-corrected chi connectivity index (χ4v) is 4.73. The van der Waals surface area contributed by atoms with Crippen LogP contribution in [0.5, 0.6) is 0 Å². The minimum absolute atomic E-state index is 0.106. The highest BCUT2D eigenvalue weighted by Crippen LogP contribution is 2.32. The summed E-state index contributed by atoms with van der Waals surface area (Å²) in [6.45, 7) is 4.74. The number of nitrogens with zero attached hydrogens (tertiary/aromatic N) is 3. The van der Waals surface area contributed by atoms with E-state index in [2.05, 4.69) is 20.6 Å². The van der Waals surface area contributed by atoms with Crippen LogP contribution in [0.25, 0.3) is 0 Å². The molecule has 1 aliphatic rings. The van der Waals surface area contributed by atoms with Crippen molar-refractivity contribution in [2.24, 2.45) is 0 Å². The second-order valence-electron chi connectivity index (χ2n) is 9.19. The third-order valence-electron chi connectivity index (χ3n) is 6.81. The molecule has 12 heteroatoms. The molecular weight excluding hydrogens is 502 g/mol. The summed E-state index contributed by atoms with van der Waals surface area (Å²) >= 11 is 6.50. The number of aromatic nitrogens is 2. The number of methoxy groups -OCH3 is 3. The maximum atomic E-state index is 13.6. The molecule has 11 nitrogen and oxygen atoms in total. The van der Waals surface area contributed by atoms with Crippen LogP contribution in [0.1, 0.15) is 48.3 Å². The predicted molar refractivity (Wildman–Crippen MR) is 139 cm³/mol. The number of ether oxygens (including phenoxy) is 3. The monoisotopic (exact) mass is 537 g/mol. The number of carbonyl (C=O) groups excluding carboxylic acids is 1. The van der Waals surface area contributed by atoms with Gasteiger partial charge in [-0.15, -0.1) is 0 Å². The first-order valence-electron chi connectivity index (χ1n) is 12.1. The van der Waals surface area contributed by atoms with Crippen LogP contribution in [0.2, 0.25) is 5.02 Å². The van der Waals surface area contributed by atoms with Crippen LogP contribution >= 0.6 is 11.6 Å². The highest BCUT2D eigenvalue weighted by Gasteiger charge is 2.35. The lowest BCUT2D eigenvalue weighted by atomic mass is 10.0. The number of piperidine rings is 1. The smallest absolute Gasteiger partial charge is 0.404 e. The highest BCUT2D eigenvalue weighted by molar-refractivity contribution is 6.31. The third kappa shape index (κ3) is 6.72. The van der Waals surface area contributed by atoms with Gasteiger partial charge in [0.05, 0.1) is 6.04 Å². The normalized spacial score (nSPS) is 16.9. The molecule has 1 aliphatic heterocycles. The summed E-state index contributed by atoms with van der Waals surface area (Å²) in [6, 6.07) is 6.68. The molecule has 2 aromatic rings. The SMILES string of the molecule is COCn1nc(C(=O)NC(C)C(C)(OC)OC)c(Cc2ccccc2Cl)c1N1CCC[C@@H](NC(=O)O)C1. The number of anilines is 1. The van der Waals surface area contributed by atoms with Crippen molar-refractivity contribution in [3.63, 3.8) is 0 Å². The zero-order chi connectivity index (χ0) is 27.2. The molecule has 3 rings (SSSR count). The Labute approximate surface area is 222 Å². The Balaban J connectivity index is 2.07. The molecule has 1 aromatic carbocycles. The lowest BCUT2D eigenvalue weighted by Crippen LogP contribution is -2.51. The molecule has 0 bridgehead atoms. The van der Waals surface area contributed by atoms with Gasteiger partial charge in [-0.1, -0.05) is 29.8 Å². The molecule has 1 unspecified atom stereocenters. The summed E-state index contributed by atoms with van der Waals surface area (Å²) < 4.78 is 18.0. The van der Waals surface area contributed by atoms with E-state index < -0.39 is 23.8 Å². The fourth-order valence-electron chi connectivity index (χ4n) is 4.53. The Morgan fingerprint density at radius 1 is 1.27 bits per heavy atom. The quantitative estimate of drug-likeness (QED) is 0.373. The van der Waals surface area contributed by atoms with Crippen molar-refractivity contribution in [1.82, 2.24) is 20.4 Å². The largest absolute Gasteiger partial charge is 0.465 e. The van der Waals surface area contributed by atoms with Gasteiger partial charge in [0, 0.05) is 57.5 Å². The second kappa shape index (κ2) is 12.6. The average Bonchev–Trinajstić information content (AvgIpc) is 3.22. The molecule has 2 atom stereocenters. The van der Waals surface area contributed by atoms with Gasteiger partial charge < -0.3 is 34.9 Å². The second-order valence-corrected chi connectivity index (χ2v) is 9.60. The number of amides is 2. The molecule has 0 aliphatic carbocycles. The minimum atomic E-state index is -1.07. The van der Waals surface area contributed by atoms with Crippen molar-refractivity contribution >= 4 is 29.4 Å². The molecule has 2 heterocycles. The lowest BCUT2D eigenvalue weighted by Gasteiger charge is -2.35. The van der Waals surface area contributed by atoms with E-state index in [9.17, 15) is 14.7 Å². The van der Waals surface area contributed by atoms with Crippen molar-refractivity contribution in [1.29, 1.82) is 0 Å². The molecular formula is C25H36ClN5O6. The van der Waals surface area contributed by atoms with E-state index >= 15 is 0 Å². The minimum Gasteiger partial charge on any atom is -0.465 e. The van der Waals surface area contributed by atoms with Crippen LogP contribution in [0.4, 0.5) is 10.6 Å². The first-order valence-corrected chi connectivity index (χ1v) is 12.5. The van der Waals surface area contributed by atoms with Crippen molar-refractivity contribution < 1.29 is 28.9 Å². The van der Waals surface area contributed by atoms with E-state index in [1.54, 1.807) is 31.7 Å². The third-order valence-corrected chi connectivity index (χ3v) is 7.17. The molecule has 1 fully saturated rings. The Morgan fingerprint density at radius 2 is 1.97 bits per heavy atom. The average molecular weight is 538 g/mol. The molecule has 204 valence electrons. The van der Waals surface area contributed by atoms with E-state index in [1.165, 1.54) is 14.2 Å².